The molecule has 0 atom stereocenters. The second kappa shape index (κ2) is 13.7. The highest BCUT2D eigenvalue weighted by molar-refractivity contribution is 6.30. The number of benzene rings is 1. The molecule has 2 fully saturated rings. The molecule has 4 rings (SSSR count). The average molecular weight is 530 g/mol. The van der Waals surface area contributed by atoms with Gasteiger partial charge in [-0.15, -0.1) is 0 Å². The van der Waals surface area contributed by atoms with Crippen LogP contribution in [-0.2, 0) is 16.6 Å². The minimum atomic E-state index is -0.727. The lowest BCUT2D eigenvalue weighted by molar-refractivity contribution is -0.140. The molecule has 8 nitrogen and oxygen atoms in total. The maximum absolute atomic E-state index is 12.0. The molecule has 37 heavy (non-hydrogen) atoms. The number of likely N-dealkylation sites (tertiary alicyclic amines) is 1. The van der Waals surface area contributed by atoms with Crippen molar-refractivity contribution < 1.29 is 14.7 Å². The zero-order valence-corrected chi connectivity index (χ0v) is 22.9. The summed E-state index contributed by atoms with van der Waals surface area (Å²) in [6.07, 6.45) is 4.72. The summed E-state index contributed by atoms with van der Waals surface area (Å²) in [6.45, 7) is 11.0. The second-order valence-electron chi connectivity index (χ2n) is 9.79. The summed E-state index contributed by atoms with van der Waals surface area (Å²) >= 11 is 5.71. The molecule has 1 aromatic heterocycles. The number of amides is 2. The number of anilines is 1. The van der Waals surface area contributed by atoms with Gasteiger partial charge in [-0.25, -0.2) is 4.79 Å². The first-order chi connectivity index (χ1) is 17.8. The van der Waals surface area contributed by atoms with Gasteiger partial charge in [0.1, 0.15) is 0 Å². The number of carbonyl (C=O) groups is 2. The van der Waals surface area contributed by atoms with Gasteiger partial charge in [0.15, 0.2) is 0 Å². The van der Waals surface area contributed by atoms with Gasteiger partial charge in [-0.05, 0) is 88.5 Å². The Labute approximate surface area is 225 Å². The van der Waals surface area contributed by atoms with Crippen molar-refractivity contribution in [1.82, 2.24) is 20.5 Å². The Morgan fingerprint density at radius 3 is 2.38 bits per heavy atom. The first-order valence-electron chi connectivity index (χ1n) is 13.2. The van der Waals surface area contributed by atoms with Gasteiger partial charge in [0, 0.05) is 41.2 Å². The molecule has 9 heteroatoms. The van der Waals surface area contributed by atoms with Gasteiger partial charge in [0.25, 0.3) is 0 Å². The number of rotatable bonds is 9. The fourth-order valence-corrected chi connectivity index (χ4v) is 4.79. The van der Waals surface area contributed by atoms with Crippen molar-refractivity contribution in [1.29, 1.82) is 0 Å². The smallest absolute Gasteiger partial charge is 0.319 e. The van der Waals surface area contributed by atoms with E-state index >= 15 is 0 Å². The normalized spacial score (nSPS) is 16.9. The Bertz CT molecular complexity index is 1030. The Balaban J connectivity index is 0.000000244. The summed E-state index contributed by atoms with van der Waals surface area (Å²) < 4.78 is 0. The lowest BCUT2D eigenvalue weighted by Gasteiger charge is -2.32. The van der Waals surface area contributed by atoms with E-state index in [1.165, 1.54) is 12.8 Å². The highest BCUT2D eigenvalue weighted by Gasteiger charge is 2.51. The number of aryl methyl sites for hydroxylation is 2. The van der Waals surface area contributed by atoms with E-state index in [4.69, 9.17) is 16.7 Å². The van der Waals surface area contributed by atoms with E-state index in [1.54, 1.807) is 24.3 Å². The van der Waals surface area contributed by atoms with Crippen LogP contribution in [0.1, 0.15) is 56.5 Å². The van der Waals surface area contributed by atoms with Gasteiger partial charge < -0.3 is 26.0 Å². The van der Waals surface area contributed by atoms with Crippen molar-refractivity contribution in [2.45, 2.75) is 64.3 Å². The molecule has 0 unspecified atom stereocenters. The molecule has 2 aliphatic rings. The number of nitrogens with one attached hydrogen (secondary N) is 3. The molecule has 1 aliphatic heterocycles. The van der Waals surface area contributed by atoms with Crippen LogP contribution in [0.5, 0.6) is 0 Å². The first kappa shape index (κ1) is 28.9. The molecule has 0 radical (unpaired) electrons. The molecule has 2 amide bonds. The molecule has 2 aromatic rings. The molecule has 0 spiro atoms. The van der Waals surface area contributed by atoms with E-state index in [0.717, 1.165) is 68.1 Å². The number of piperidine rings is 1. The van der Waals surface area contributed by atoms with E-state index in [0.29, 0.717) is 17.6 Å². The summed E-state index contributed by atoms with van der Waals surface area (Å²) in [5.74, 6) is -0.727. The van der Waals surface area contributed by atoms with Crippen LogP contribution in [0.4, 0.5) is 10.5 Å². The third kappa shape index (κ3) is 8.69. The van der Waals surface area contributed by atoms with Crippen LogP contribution >= 0.6 is 11.6 Å². The van der Waals surface area contributed by atoms with Crippen molar-refractivity contribution >= 4 is 29.3 Å². The molecule has 1 saturated heterocycles. The highest BCUT2D eigenvalue weighted by atomic mass is 35.5. The van der Waals surface area contributed by atoms with Crippen LogP contribution in [0.25, 0.3) is 0 Å². The van der Waals surface area contributed by atoms with Crippen LogP contribution < -0.4 is 16.0 Å². The maximum atomic E-state index is 12.0. The average Bonchev–Trinajstić information content (AvgIpc) is 3.68. The van der Waals surface area contributed by atoms with Crippen LogP contribution in [-0.4, -0.2) is 65.8 Å². The summed E-state index contributed by atoms with van der Waals surface area (Å²) in [5, 5.41) is 19.0. The van der Waals surface area contributed by atoms with Crippen molar-refractivity contribution in [2.75, 3.05) is 38.0 Å². The third-order valence-electron chi connectivity index (χ3n) is 6.98. The summed E-state index contributed by atoms with van der Waals surface area (Å²) in [5.41, 5.74) is 2.99. The number of urea groups is 1. The molecule has 1 aliphatic carbocycles. The quantitative estimate of drug-likeness (QED) is 0.378. The van der Waals surface area contributed by atoms with Gasteiger partial charge in [-0.3, -0.25) is 9.78 Å². The number of carboxylic acids is 1. The van der Waals surface area contributed by atoms with E-state index < -0.39 is 11.4 Å². The number of aromatic nitrogens is 1. The number of carboxylic acid groups (broad SMARTS) is 1. The number of aliphatic carboxylic acids is 1. The van der Waals surface area contributed by atoms with Gasteiger partial charge in [0.2, 0.25) is 0 Å². The van der Waals surface area contributed by atoms with Crippen molar-refractivity contribution in [3.63, 3.8) is 0 Å². The number of halogens is 1. The number of pyridine rings is 1. The molecule has 2 heterocycles. The highest BCUT2D eigenvalue weighted by Crippen LogP contribution is 2.48. The monoisotopic (exact) mass is 529 g/mol. The molecular weight excluding hydrogens is 490 g/mol. The van der Waals surface area contributed by atoms with Crippen LogP contribution in [0.15, 0.2) is 36.4 Å². The van der Waals surface area contributed by atoms with Crippen LogP contribution in [0.3, 0.4) is 0 Å². The topological polar surface area (TPSA) is 107 Å². The Hall–Kier alpha value is -2.68. The molecule has 1 saturated carbocycles. The van der Waals surface area contributed by atoms with Crippen molar-refractivity contribution in [3.8, 4) is 0 Å². The van der Waals surface area contributed by atoms with Gasteiger partial charge in [-0.2, -0.15) is 0 Å². The van der Waals surface area contributed by atoms with Crippen molar-refractivity contribution in [3.05, 3.63) is 58.4 Å². The summed E-state index contributed by atoms with van der Waals surface area (Å²) in [4.78, 5) is 29.8. The Morgan fingerprint density at radius 2 is 1.81 bits per heavy atom. The molecule has 0 bridgehead atoms. The Morgan fingerprint density at radius 1 is 1.14 bits per heavy atom. The number of hydrogen-bond acceptors (Lipinski definition) is 5. The predicted molar refractivity (Wildman–Crippen MR) is 149 cm³/mol. The second-order valence-corrected chi connectivity index (χ2v) is 10.2. The molecule has 1 aromatic carbocycles. The first-order valence-corrected chi connectivity index (χ1v) is 13.6. The van der Waals surface area contributed by atoms with Gasteiger partial charge in [0.05, 0.1) is 5.41 Å². The fourth-order valence-electron chi connectivity index (χ4n) is 4.66. The van der Waals surface area contributed by atoms with Gasteiger partial charge in [-0.1, -0.05) is 37.6 Å². The zero-order chi connectivity index (χ0) is 26.8. The Kier molecular flexibility index (Phi) is 10.7. The number of carbonyl (C=O) groups excluding carboxylic acids is 1. The third-order valence-corrected chi connectivity index (χ3v) is 7.23. The van der Waals surface area contributed by atoms with E-state index in [-0.39, 0.29) is 6.03 Å². The fraction of sp³-hybridized carbons (Fsp3) is 0.536. The lowest BCUT2D eigenvalue weighted by atomic mass is 9.96. The largest absolute Gasteiger partial charge is 0.481 e. The SMILES string of the molecule is CCNC1CCN(CCNC(=O)Nc2cc(C)nc(CC)c2)CC1.O=C(O)C1(c2ccc(Cl)cc2)CC1. The lowest BCUT2D eigenvalue weighted by Crippen LogP contribution is -2.45. The minimum Gasteiger partial charge on any atom is -0.481 e. The molecule has 4 N–H and O–H groups in total. The number of hydrogen-bond donors (Lipinski definition) is 4. The molecular formula is C28H40ClN5O3. The standard InChI is InChI=1S/C18H31N5O.C10H9ClO2/c1-4-15-13-17(12-14(3)21-15)22-18(24)20-8-11-23-9-6-16(7-10-23)19-5-2;11-8-3-1-7(2-4-8)10(5-6-10)9(12)13/h12-13,16,19H,4-11H2,1-3H3,(H2,20,21,22,24);1-4H,5-6H2,(H,12,13). The maximum Gasteiger partial charge on any atom is 0.319 e. The van der Waals surface area contributed by atoms with E-state index in [1.807, 2.05) is 19.1 Å². The summed E-state index contributed by atoms with van der Waals surface area (Å²) in [6, 6.07) is 11.4. The predicted octanol–water partition coefficient (Wildman–Crippen LogP) is 4.60. The van der Waals surface area contributed by atoms with Crippen molar-refractivity contribution in [2.24, 2.45) is 0 Å². The minimum absolute atomic E-state index is 0.148. The molecule has 202 valence electrons. The van der Waals surface area contributed by atoms with Crippen LogP contribution in [0.2, 0.25) is 5.02 Å². The van der Waals surface area contributed by atoms with Gasteiger partial charge >= 0.3 is 12.0 Å². The zero-order valence-electron chi connectivity index (χ0n) is 22.1. The number of nitrogens with zero attached hydrogens (tertiary/aromatic N) is 2. The summed E-state index contributed by atoms with van der Waals surface area (Å²) in [7, 11) is 0. The van der Waals surface area contributed by atoms with E-state index in [2.05, 4.69) is 39.7 Å². The van der Waals surface area contributed by atoms with E-state index in [9.17, 15) is 9.59 Å². The van der Waals surface area contributed by atoms with Crippen LogP contribution in [0, 0.1) is 6.92 Å².